The number of fused-ring (bicyclic) bond motifs is 1. The van der Waals surface area contributed by atoms with Crippen LogP contribution in [0.2, 0.25) is 0 Å². The third kappa shape index (κ3) is 4.39. The second-order valence-electron chi connectivity index (χ2n) is 5.51. The molecule has 2 rings (SSSR count). The van der Waals surface area contributed by atoms with E-state index in [-0.39, 0.29) is 6.42 Å². The van der Waals surface area contributed by atoms with E-state index in [9.17, 15) is 4.79 Å². The van der Waals surface area contributed by atoms with Crippen molar-refractivity contribution in [3.63, 3.8) is 0 Å². The standard InChI is InChI=1S/C15H21N3O2S/c1-10(2)11(3-4-13(19)20)5-7-16-14-12-6-8-21-15(12)18-9-17-14/h6,8-11H,3-5,7H2,1-2H3,(H,19,20)(H,16,17,18). The summed E-state index contributed by atoms with van der Waals surface area (Å²) in [6.07, 6.45) is 3.49. The molecule has 0 amide bonds. The van der Waals surface area contributed by atoms with E-state index in [1.807, 2.05) is 11.4 Å². The van der Waals surface area contributed by atoms with Gasteiger partial charge >= 0.3 is 5.97 Å². The molecular weight excluding hydrogens is 286 g/mol. The lowest BCUT2D eigenvalue weighted by Crippen LogP contribution is -2.16. The normalized spacial score (nSPS) is 12.7. The van der Waals surface area contributed by atoms with Crippen LogP contribution in [0.3, 0.4) is 0 Å². The zero-order valence-electron chi connectivity index (χ0n) is 12.4. The molecule has 0 aliphatic rings. The number of hydrogen-bond donors (Lipinski definition) is 2. The Balaban J connectivity index is 1.89. The van der Waals surface area contributed by atoms with Crippen molar-refractivity contribution in [2.45, 2.75) is 33.1 Å². The van der Waals surface area contributed by atoms with E-state index in [0.29, 0.717) is 11.8 Å². The van der Waals surface area contributed by atoms with Crippen LogP contribution < -0.4 is 5.32 Å². The molecular formula is C15H21N3O2S. The minimum atomic E-state index is -0.718. The highest BCUT2D eigenvalue weighted by Crippen LogP contribution is 2.25. The van der Waals surface area contributed by atoms with Crippen LogP contribution >= 0.6 is 11.3 Å². The summed E-state index contributed by atoms with van der Waals surface area (Å²) in [6, 6.07) is 2.02. The molecule has 0 saturated carbocycles. The summed E-state index contributed by atoms with van der Waals surface area (Å²) in [7, 11) is 0. The molecule has 6 heteroatoms. The summed E-state index contributed by atoms with van der Waals surface area (Å²) in [4.78, 5) is 20.2. The Hall–Kier alpha value is -1.69. The van der Waals surface area contributed by atoms with Crippen LogP contribution in [0.5, 0.6) is 0 Å². The molecule has 1 atom stereocenters. The van der Waals surface area contributed by atoms with Gasteiger partial charge in [-0.1, -0.05) is 13.8 Å². The molecule has 0 spiro atoms. The monoisotopic (exact) mass is 307 g/mol. The lowest BCUT2D eigenvalue weighted by molar-refractivity contribution is -0.137. The maximum atomic E-state index is 10.7. The van der Waals surface area contributed by atoms with Gasteiger partial charge in [0.25, 0.3) is 0 Å². The van der Waals surface area contributed by atoms with Gasteiger partial charge in [0.2, 0.25) is 0 Å². The second kappa shape index (κ2) is 7.36. The quantitative estimate of drug-likeness (QED) is 0.779. The van der Waals surface area contributed by atoms with Crippen LogP contribution in [0.25, 0.3) is 10.2 Å². The number of rotatable bonds is 8. The Kier molecular flexibility index (Phi) is 5.50. The molecule has 2 aromatic heterocycles. The van der Waals surface area contributed by atoms with E-state index in [1.54, 1.807) is 17.7 Å². The topological polar surface area (TPSA) is 75.1 Å². The van der Waals surface area contributed by atoms with Crippen LogP contribution in [0, 0.1) is 11.8 Å². The number of aromatic nitrogens is 2. The molecule has 0 bridgehead atoms. The molecule has 2 N–H and O–H groups in total. The summed E-state index contributed by atoms with van der Waals surface area (Å²) in [6.45, 7) is 5.09. The van der Waals surface area contributed by atoms with E-state index in [2.05, 4.69) is 29.1 Å². The Morgan fingerprint density at radius 3 is 2.90 bits per heavy atom. The van der Waals surface area contributed by atoms with Crippen molar-refractivity contribution in [2.24, 2.45) is 11.8 Å². The molecule has 2 heterocycles. The van der Waals surface area contributed by atoms with Crippen LogP contribution in [0.1, 0.15) is 33.1 Å². The smallest absolute Gasteiger partial charge is 0.303 e. The zero-order valence-corrected chi connectivity index (χ0v) is 13.2. The Morgan fingerprint density at radius 1 is 1.38 bits per heavy atom. The summed E-state index contributed by atoms with van der Waals surface area (Å²) in [5, 5.41) is 15.2. The van der Waals surface area contributed by atoms with E-state index in [1.165, 1.54) is 0 Å². The largest absolute Gasteiger partial charge is 0.481 e. The predicted molar refractivity (Wildman–Crippen MR) is 85.7 cm³/mol. The first-order valence-electron chi connectivity index (χ1n) is 7.21. The molecule has 0 aliphatic heterocycles. The second-order valence-corrected chi connectivity index (χ2v) is 6.41. The number of carboxylic acids is 1. The van der Waals surface area contributed by atoms with Gasteiger partial charge in [-0.05, 0) is 36.1 Å². The van der Waals surface area contributed by atoms with E-state index in [4.69, 9.17) is 5.11 Å². The van der Waals surface area contributed by atoms with Gasteiger partial charge in [0.1, 0.15) is 17.0 Å². The number of nitrogens with zero attached hydrogens (tertiary/aromatic N) is 2. The van der Waals surface area contributed by atoms with Crippen LogP contribution in [-0.2, 0) is 4.79 Å². The fourth-order valence-corrected chi connectivity index (χ4v) is 3.16. The highest BCUT2D eigenvalue weighted by molar-refractivity contribution is 7.16. The first-order valence-corrected chi connectivity index (χ1v) is 8.09. The lowest BCUT2D eigenvalue weighted by Gasteiger charge is -2.20. The van der Waals surface area contributed by atoms with Crippen molar-refractivity contribution < 1.29 is 9.90 Å². The van der Waals surface area contributed by atoms with E-state index >= 15 is 0 Å². The maximum absolute atomic E-state index is 10.7. The van der Waals surface area contributed by atoms with Gasteiger partial charge < -0.3 is 10.4 Å². The van der Waals surface area contributed by atoms with Crippen LogP contribution in [0.4, 0.5) is 5.82 Å². The highest BCUT2D eigenvalue weighted by atomic mass is 32.1. The SMILES string of the molecule is CC(C)C(CCNc1ncnc2sccc12)CCC(=O)O. The van der Waals surface area contributed by atoms with Gasteiger partial charge in [0, 0.05) is 13.0 Å². The van der Waals surface area contributed by atoms with Crippen LogP contribution in [-0.4, -0.2) is 27.6 Å². The molecule has 0 radical (unpaired) electrons. The van der Waals surface area contributed by atoms with Crippen molar-refractivity contribution in [2.75, 3.05) is 11.9 Å². The molecule has 21 heavy (non-hydrogen) atoms. The molecule has 0 aliphatic carbocycles. The molecule has 0 fully saturated rings. The van der Waals surface area contributed by atoms with Crippen molar-refractivity contribution in [1.29, 1.82) is 0 Å². The van der Waals surface area contributed by atoms with Crippen molar-refractivity contribution in [3.05, 3.63) is 17.8 Å². The average Bonchev–Trinajstić information content (AvgIpc) is 2.91. The Morgan fingerprint density at radius 2 is 2.19 bits per heavy atom. The first-order chi connectivity index (χ1) is 10.1. The van der Waals surface area contributed by atoms with Crippen molar-refractivity contribution >= 4 is 33.3 Å². The minimum absolute atomic E-state index is 0.241. The van der Waals surface area contributed by atoms with Gasteiger partial charge in [-0.2, -0.15) is 0 Å². The summed E-state index contributed by atoms with van der Waals surface area (Å²) in [5.74, 6) is 1.04. The van der Waals surface area contributed by atoms with Gasteiger partial charge in [0.05, 0.1) is 5.39 Å². The van der Waals surface area contributed by atoms with Crippen LogP contribution in [0.15, 0.2) is 17.8 Å². The number of hydrogen-bond acceptors (Lipinski definition) is 5. The molecule has 0 saturated heterocycles. The average molecular weight is 307 g/mol. The van der Waals surface area contributed by atoms with Gasteiger partial charge in [0.15, 0.2) is 0 Å². The predicted octanol–water partition coefficient (Wildman–Crippen LogP) is 3.63. The van der Waals surface area contributed by atoms with Crippen molar-refractivity contribution in [3.8, 4) is 0 Å². The van der Waals surface area contributed by atoms with Gasteiger partial charge in [-0.3, -0.25) is 4.79 Å². The van der Waals surface area contributed by atoms with Gasteiger partial charge in [-0.25, -0.2) is 9.97 Å². The third-order valence-corrected chi connectivity index (χ3v) is 4.56. The summed E-state index contributed by atoms with van der Waals surface area (Å²) in [5.41, 5.74) is 0. The molecule has 114 valence electrons. The number of carbonyl (C=O) groups is 1. The number of aliphatic carboxylic acids is 1. The fraction of sp³-hybridized carbons (Fsp3) is 0.533. The summed E-state index contributed by atoms with van der Waals surface area (Å²) < 4.78 is 0. The third-order valence-electron chi connectivity index (χ3n) is 3.74. The molecule has 5 nitrogen and oxygen atoms in total. The minimum Gasteiger partial charge on any atom is -0.481 e. The van der Waals surface area contributed by atoms with Gasteiger partial charge in [-0.15, -0.1) is 11.3 Å². The fourth-order valence-electron chi connectivity index (χ4n) is 2.43. The Labute approximate surface area is 128 Å². The number of anilines is 1. The molecule has 0 aromatic carbocycles. The Bertz CT molecular complexity index is 597. The lowest BCUT2D eigenvalue weighted by atomic mass is 9.88. The number of nitrogens with one attached hydrogen (secondary N) is 1. The summed E-state index contributed by atoms with van der Waals surface area (Å²) >= 11 is 1.60. The highest BCUT2D eigenvalue weighted by Gasteiger charge is 2.15. The maximum Gasteiger partial charge on any atom is 0.303 e. The van der Waals surface area contributed by atoms with E-state index in [0.717, 1.165) is 35.4 Å². The molecule has 1 unspecified atom stereocenters. The number of thiophene rings is 1. The van der Waals surface area contributed by atoms with Crippen molar-refractivity contribution in [1.82, 2.24) is 9.97 Å². The molecule has 2 aromatic rings. The first kappa shape index (κ1) is 15.7. The number of carboxylic acid groups (broad SMARTS) is 1. The zero-order chi connectivity index (χ0) is 15.2. The van der Waals surface area contributed by atoms with E-state index < -0.39 is 5.97 Å².